The molecule has 0 unspecified atom stereocenters. The topological polar surface area (TPSA) is 30.0 Å². The lowest BCUT2D eigenvalue weighted by Crippen LogP contribution is -1.86. The Morgan fingerprint density at radius 1 is 1.58 bits per heavy atom. The van der Waals surface area contributed by atoms with Crippen LogP contribution in [0.1, 0.15) is 5.56 Å². The van der Waals surface area contributed by atoms with Crippen molar-refractivity contribution in [3.8, 4) is 0 Å². The number of nitrogens with zero attached hydrogens (tertiary/aromatic N) is 1. The molecule has 0 N–H and O–H groups in total. The molecule has 0 aliphatic carbocycles. The van der Waals surface area contributed by atoms with E-state index < -0.39 is 5.95 Å². The first-order valence-electron chi connectivity index (χ1n) is 3.17. The average molecular weight is 186 g/mol. The lowest BCUT2D eigenvalue weighted by molar-refractivity contribution is -0.104. The van der Waals surface area contributed by atoms with Crippen LogP contribution >= 0.6 is 11.6 Å². The van der Waals surface area contributed by atoms with Crippen LogP contribution in [0.4, 0.5) is 4.39 Å². The molecule has 4 heteroatoms. The van der Waals surface area contributed by atoms with Gasteiger partial charge in [-0.25, -0.2) is 4.98 Å². The van der Waals surface area contributed by atoms with Crippen molar-refractivity contribution >= 4 is 24.0 Å². The van der Waals surface area contributed by atoms with Gasteiger partial charge in [0.25, 0.3) is 0 Å². The molecular formula is C8H5ClFNO. The minimum Gasteiger partial charge on any atom is -0.299 e. The number of hydrogen-bond donors (Lipinski definition) is 0. The highest BCUT2D eigenvalue weighted by Crippen LogP contribution is 2.12. The summed E-state index contributed by atoms with van der Waals surface area (Å²) in [5, 5.41) is 0.335. The van der Waals surface area contributed by atoms with Gasteiger partial charge in [-0.1, -0.05) is 11.6 Å². The molecule has 0 saturated carbocycles. The molecule has 0 aliphatic rings. The summed E-state index contributed by atoms with van der Waals surface area (Å²) < 4.78 is 12.8. The quantitative estimate of drug-likeness (QED) is 0.401. The Morgan fingerprint density at radius 2 is 2.33 bits per heavy atom. The second-order valence-corrected chi connectivity index (χ2v) is 2.47. The first kappa shape index (κ1) is 8.87. The van der Waals surface area contributed by atoms with Gasteiger partial charge in [-0.2, -0.15) is 4.39 Å². The Hall–Kier alpha value is -1.22. The van der Waals surface area contributed by atoms with Crippen LogP contribution in [0.5, 0.6) is 0 Å². The van der Waals surface area contributed by atoms with E-state index in [-0.39, 0.29) is 5.56 Å². The average Bonchev–Trinajstić information content (AvgIpc) is 2.07. The zero-order valence-electron chi connectivity index (χ0n) is 6.00. The molecule has 62 valence electrons. The Balaban J connectivity index is 3.04. The Bertz CT molecular complexity index is 325. The number of pyridine rings is 1. The van der Waals surface area contributed by atoms with E-state index in [2.05, 4.69) is 4.98 Å². The number of aldehydes is 1. The second-order valence-electron chi connectivity index (χ2n) is 2.03. The number of allylic oxidation sites excluding steroid dienone is 1. The third kappa shape index (κ3) is 2.13. The summed E-state index contributed by atoms with van der Waals surface area (Å²) in [4.78, 5) is 13.3. The first-order valence-corrected chi connectivity index (χ1v) is 3.54. The van der Waals surface area contributed by atoms with E-state index in [0.29, 0.717) is 11.3 Å². The standard InChI is InChI=1S/C8H5ClFNO/c9-7-4-6(2-1-3-12)8(10)11-5-7/h1-5H/b2-1+. The van der Waals surface area contributed by atoms with Crippen molar-refractivity contribution in [1.82, 2.24) is 4.98 Å². The molecule has 0 radical (unpaired) electrons. The molecule has 0 saturated heterocycles. The van der Waals surface area contributed by atoms with Crippen LogP contribution in [0.2, 0.25) is 5.02 Å². The van der Waals surface area contributed by atoms with Crippen LogP contribution in [0, 0.1) is 5.95 Å². The molecule has 2 nitrogen and oxygen atoms in total. The molecule has 0 fully saturated rings. The fourth-order valence-corrected chi connectivity index (χ4v) is 0.864. The SMILES string of the molecule is O=C/C=C/c1cc(Cl)cnc1F. The van der Waals surface area contributed by atoms with E-state index in [1.165, 1.54) is 24.4 Å². The molecule has 0 spiro atoms. The minimum atomic E-state index is -0.641. The lowest BCUT2D eigenvalue weighted by atomic mass is 10.2. The highest BCUT2D eigenvalue weighted by Gasteiger charge is 1.99. The van der Waals surface area contributed by atoms with E-state index in [4.69, 9.17) is 11.6 Å². The number of halogens is 2. The molecule has 0 atom stereocenters. The number of carbonyl (C=O) groups excluding carboxylic acids is 1. The van der Waals surface area contributed by atoms with Crippen molar-refractivity contribution < 1.29 is 9.18 Å². The molecule has 1 aromatic rings. The van der Waals surface area contributed by atoms with E-state index in [1.54, 1.807) is 0 Å². The Morgan fingerprint density at radius 3 is 3.00 bits per heavy atom. The maximum absolute atomic E-state index is 12.8. The summed E-state index contributed by atoms with van der Waals surface area (Å²) >= 11 is 5.54. The van der Waals surface area contributed by atoms with Gasteiger partial charge in [0.2, 0.25) is 5.95 Å². The summed E-state index contributed by atoms with van der Waals surface area (Å²) in [7, 11) is 0. The van der Waals surface area contributed by atoms with Crippen molar-refractivity contribution in [3.63, 3.8) is 0 Å². The molecule has 1 aromatic heterocycles. The van der Waals surface area contributed by atoms with E-state index in [9.17, 15) is 9.18 Å². The Labute approximate surface area is 73.7 Å². The minimum absolute atomic E-state index is 0.203. The van der Waals surface area contributed by atoms with Crippen LogP contribution in [-0.4, -0.2) is 11.3 Å². The fourth-order valence-electron chi connectivity index (χ4n) is 0.698. The van der Waals surface area contributed by atoms with Gasteiger partial charge < -0.3 is 0 Å². The summed E-state index contributed by atoms with van der Waals surface area (Å²) in [6, 6.07) is 1.39. The van der Waals surface area contributed by atoms with Crippen molar-refractivity contribution in [2.24, 2.45) is 0 Å². The van der Waals surface area contributed by atoms with Gasteiger partial charge in [0, 0.05) is 11.8 Å². The number of hydrogen-bond acceptors (Lipinski definition) is 2. The van der Waals surface area contributed by atoms with E-state index >= 15 is 0 Å². The zero-order valence-corrected chi connectivity index (χ0v) is 6.75. The Kier molecular flexibility index (Phi) is 2.94. The van der Waals surface area contributed by atoms with Gasteiger partial charge in [-0.15, -0.1) is 0 Å². The van der Waals surface area contributed by atoms with Crippen molar-refractivity contribution in [2.45, 2.75) is 0 Å². The smallest absolute Gasteiger partial charge is 0.220 e. The van der Waals surface area contributed by atoms with Gasteiger partial charge >= 0.3 is 0 Å². The lowest BCUT2D eigenvalue weighted by Gasteiger charge is -1.94. The molecule has 0 aromatic carbocycles. The van der Waals surface area contributed by atoms with Crippen molar-refractivity contribution in [3.05, 3.63) is 34.9 Å². The van der Waals surface area contributed by atoms with Crippen LogP contribution in [-0.2, 0) is 4.79 Å². The predicted octanol–water partition coefficient (Wildman–Crippen LogP) is 2.09. The molecule has 1 heterocycles. The van der Waals surface area contributed by atoms with Crippen LogP contribution in [0.25, 0.3) is 6.08 Å². The molecule has 1 rings (SSSR count). The molecule has 12 heavy (non-hydrogen) atoms. The van der Waals surface area contributed by atoms with Crippen LogP contribution < -0.4 is 0 Å². The van der Waals surface area contributed by atoms with Gasteiger partial charge in [0.15, 0.2) is 0 Å². The highest BCUT2D eigenvalue weighted by molar-refractivity contribution is 6.30. The van der Waals surface area contributed by atoms with Gasteiger partial charge in [-0.05, 0) is 18.2 Å². The predicted molar refractivity (Wildman–Crippen MR) is 44.3 cm³/mol. The van der Waals surface area contributed by atoms with Crippen molar-refractivity contribution in [2.75, 3.05) is 0 Å². The summed E-state index contributed by atoms with van der Waals surface area (Å²) in [6.45, 7) is 0. The van der Waals surface area contributed by atoms with Crippen LogP contribution in [0.3, 0.4) is 0 Å². The second kappa shape index (κ2) is 3.97. The van der Waals surface area contributed by atoms with Crippen molar-refractivity contribution in [1.29, 1.82) is 0 Å². The number of carbonyl (C=O) groups is 1. The number of rotatable bonds is 2. The summed E-state index contributed by atoms with van der Waals surface area (Å²) in [6.07, 6.45) is 4.24. The zero-order chi connectivity index (χ0) is 8.97. The molecular weight excluding hydrogens is 181 g/mol. The summed E-state index contributed by atoms with van der Waals surface area (Å²) in [5.74, 6) is -0.641. The van der Waals surface area contributed by atoms with Gasteiger partial charge in [0.1, 0.15) is 6.29 Å². The first-order chi connectivity index (χ1) is 5.74. The maximum atomic E-state index is 12.8. The van der Waals surface area contributed by atoms with Gasteiger partial charge in [0.05, 0.1) is 5.02 Å². The fraction of sp³-hybridized carbons (Fsp3) is 0. The highest BCUT2D eigenvalue weighted by atomic mass is 35.5. The number of aromatic nitrogens is 1. The summed E-state index contributed by atoms with van der Waals surface area (Å²) in [5.41, 5.74) is 0.203. The third-order valence-corrected chi connectivity index (χ3v) is 1.39. The largest absolute Gasteiger partial charge is 0.299 e. The van der Waals surface area contributed by atoms with Gasteiger partial charge in [-0.3, -0.25) is 4.79 Å². The molecule has 0 amide bonds. The molecule has 0 aliphatic heterocycles. The molecule has 0 bridgehead atoms. The van der Waals surface area contributed by atoms with E-state index in [1.807, 2.05) is 0 Å². The van der Waals surface area contributed by atoms with Crippen LogP contribution in [0.15, 0.2) is 18.3 Å². The normalized spacial score (nSPS) is 10.5. The maximum Gasteiger partial charge on any atom is 0.220 e. The third-order valence-electron chi connectivity index (χ3n) is 1.19. The van der Waals surface area contributed by atoms with E-state index in [0.717, 1.165) is 0 Å². The monoisotopic (exact) mass is 185 g/mol.